The van der Waals surface area contributed by atoms with E-state index < -0.39 is 15.9 Å². The molecule has 0 spiro atoms. The summed E-state index contributed by atoms with van der Waals surface area (Å²) in [7, 11) is 0.128. The standard InChI is InChI=1S/C20H21N3O4S/c1-23-13-12-21-19(23)18(14-4-8-16(27-2)9-5-14)22-20(24)15-6-10-17(11-7-15)28(3,25)26/h4-13,18H,1-3H3,(H,22,24). The molecule has 0 aliphatic heterocycles. The summed E-state index contributed by atoms with van der Waals surface area (Å²) in [5.74, 6) is 1.06. The van der Waals surface area contributed by atoms with Crippen LogP contribution < -0.4 is 10.1 Å². The molecule has 1 atom stereocenters. The molecule has 1 unspecified atom stereocenters. The number of carbonyl (C=O) groups excluding carboxylic acids is 1. The van der Waals surface area contributed by atoms with Gasteiger partial charge in [-0.05, 0) is 42.0 Å². The maximum Gasteiger partial charge on any atom is 0.252 e. The lowest BCUT2D eigenvalue weighted by Crippen LogP contribution is -2.31. The summed E-state index contributed by atoms with van der Waals surface area (Å²) >= 11 is 0. The first-order valence-corrected chi connectivity index (χ1v) is 10.4. The van der Waals surface area contributed by atoms with Crippen LogP contribution in [0.3, 0.4) is 0 Å². The van der Waals surface area contributed by atoms with Crippen LogP contribution in [0.5, 0.6) is 5.75 Å². The van der Waals surface area contributed by atoms with Gasteiger partial charge in [-0.25, -0.2) is 13.4 Å². The highest BCUT2D eigenvalue weighted by molar-refractivity contribution is 7.90. The first-order chi connectivity index (χ1) is 13.3. The van der Waals surface area contributed by atoms with Gasteiger partial charge < -0.3 is 14.6 Å². The van der Waals surface area contributed by atoms with Crippen LogP contribution in [-0.4, -0.2) is 37.2 Å². The summed E-state index contributed by atoms with van der Waals surface area (Å²) in [5.41, 5.74) is 1.20. The van der Waals surface area contributed by atoms with Crippen LogP contribution in [0.1, 0.15) is 27.8 Å². The minimum absolute atomic E-state index is 0.167. The number of nitrogens with zero attached hydrogens (tertiary/aromatic N) is 2. The van der Waals surface area contributed by atoms with Gasteiger partial charge in [0, 0.05) is 31.3 Å². The zero-order chi connectivity index (χ0) is 20.3. The smallest absolute Gasteiger partial charge is 0.252 e. The number of imidazole rings is 1. The van der Waals surface area contributed by atoms with E-state index in [2.05, 4.69) is 10.3 Å². The fraction of sp³-hybridized carbons (Fsp3) is 0.200. The number of carbonyl (C=O) groups is 1. The van der Waals surface area contributed by atoms with Gasteiger partial charge in [0.2, 0.25) is 0 Å². The average molecular weight is 399 g/mol. The van der Waals surface area contributed by atoms with Gasteiger partial charge in [-0.1, -0.05) is 12.1 Å². The number of rotatable bonds is 6. The minimum Gasteiger partial charge on any atom is -0.497 e. The molecule has 0 saturated carbocycles. The molecule has 0 radical (unpaired) electrons. The number of ether oxygens (including phenoxy) is 1. The topological polar surface area (TPSA) is 90.3 Å². The van der Waals surface area contributed by atoms with Gasteiger partial charge in [-0.3, -0.25) is 4.79 Å². The third-order valence-electron chi connectivity index (χ3n) is 4.39. The Morgan fingerprint density at radius 1 is 1.11 bits per heavy atom. The van der Waals surface area contributed by atoms with Crippen molar-refractivity contribution < 1.29 is 17.9 Å². The quantitative estimate of drug-likeness (QED) is 0.687. The summed E-state index contributed by atoms with van der Waals surface area (Å²) < 4.78 is 30.2. The number of amides is 1. The predicted molar refractivity (Wildman–Crippen MR) is 105 cm³/mol. The van der Waals surface area contributed by atoms with Crippen molar-refractivity contribution in [1.29, 1.82) is 0 Å². The molecule has 146 valence electrons. The molecule has 2 aromatic carbocycles. The lowest BCUT2D eigenvalue weighted by atomic mass is 10.0. The van der Waals surface area contributed by atoms with Gasteiger partial charge in [0.25, 0.3) is 5.91 Å². The summed E-state index contributed by atoms with van der Waals surface area (Å²) in [4.78, 5) is 17.3. The molecule has 3 aromatic rings. The summed E-state index contributed by atoms with van der Waals surface area (Å²) in [5, 5.41) is 2.98. The van der Waals surface area contributed by atoms with E-state index in [-0.39, 0.29) is 10.8 Å². The fourth-order valence-corrected chi connectivity index (χ4v) is 3.45. The van der Waals surface area contributed by atoms with Crippen molar-refractivity contribution >= 4 is 15.7 Å². The Balaban J connectivity index is 1.91. The van der Waals surface area contributed by atoms with E-state index in [1.165, 1.54) is 24.3 Å². The maximum absolute atomic E-state index is 12.8. The van der Waals surface area contributed by atoms with E-state index in [4.69, 9.17) is 4.74 Å². The minimum atomic E-state index is -3.32. The van der Waals surface area contributed by atoms with Gasteiger partial charge in [0.15, 0.2) is 9.84 Å². The van der Waals surface area contributed by atoms with Crippen molar-refractivity contribution in [2.75, 3.05) is 13.4 Å². The van der Waals surface area contributed by atoms with Gasteiger partial charge in [0.1, 0.15) is 17.6 Å². The second kappa shape index (κ2) is 7.85. The molecule has 1 N–H and O–H groups in total. The Bertz CT molecular complexity index is 1070. The monoisotopic (exact) mass is 399 g/mol. The van der Waals surface area contributed by atoms with Gasteiger partial charge in [-0.2, -0.15) is 0 Å². The van der Waals surface area contributed by atoms with Crippen LogP contribution >= 0.6 is 0 Å². The van der Waals surface area contributed by atoms with Crippen molar-refractivity contribution in [2.24, 2.45) is 7.05 Å². The molecule has 1 amide bonds. The van der Waals surface area contributed by atoms with Gasteiger partial charge in [-0.15, -0.1) is 0 Å². The van der Waals surface area contributed by atoms with Gasteiger partial charge >= 0.3 is 0 Å². The number of aromatic nitrogens is 2. The highest BCUT2D eigenvalue weighted by Crippen LogP contribution is 2.23. The van der Waals surface area contributed by atoms with Crippen LogP contribution in [-0.2, 0) is 16.9 Å². The number of sulfone groups is 1. The Labute approximate surface area is 163 Å². The molecule has 0 fully saturated rings. The zero-order valence-corrected chi connectivity index (χ0v) is 16.6. The number of benzene rings is 2. The average Bonchev–Trinajstić information content (AvgIpc) is 3.11. The Morgan fingerprint density at radius 3 is 2.25 bits per heavy atom. The summed E-state index contributed by atoms with van der Waals surface area (Å²) in [6.07, 6.45) is 4.60. The number of hydrogen-bond donors (Lipinski definition) is 1. The van der Waals surface area contributed by atoms with Crippen molar-refractivity contribution in [3.63, 3.8) is 0 Å². The molecule has 0 aliphatic carbocycles. The van der Waals surface area contributed by atoms with Gasteiger partial charge in [0.05, 0.1) is 12.0 Å². The lowest BCUT2D eigenvalue weighted by Gasteiger charge is -2.19. The normalized spacial score (nSPS) is 12.4. The highest BCUT2D eigenvalue weighted by atomic mass is 32.2. The van der Waals surface area contributed by atoms with Crippen molar-refractivity contribution in [1.82, 2.24) is 14.9 Å². The molecule has 1 heterocycles. The highest BCUT2D eigenvalue weighted by Gasteiger charge is 2.22. The summed E-state index contributed by atoms with van der Waals surface area (Å²) in [6, 6.07) is 12.7. The lowest BCUT2D eigenvalue weighted by molar-refractivity contribution is 0.0941. The second-order valence-corrected chi connectivity index (χ2v) is 8.39. The van der Waals surface area contributed by atoms with E-state index >= 15 is 0 Å². The molecule has 3 rings (SSSR count). The number of nitrogens with one attached hydrogen (secondary N) is 1. The van der Waals surface area contributed by atoms with Crippen molar-refractivity contribution in [3.8, 4) is 5.75 Å². The Kier molecular flexibility index (Phi) is 5.51. The van der Waals surface area contributed by atoms with Crippen LogP contribution in [0, 0.1) is 0 Å². The van der Waals surface area contributed by atoms with Crippen LogP contribution in [0.25, 0.3) is 0 Å². The molecule has 0 bridgehead atoms. The summed E-state index contributed by atoms with van der Waals surface area (Å²) in [6.45, 7) is 0. The van der Waals surface area contributed by atoms with E-state index in [9.17, 15) is 13.2 Å². The molecule has 0 saturated heterocycles. The molecule has 28 heavy (non-hydrogen) atoms. The van der Waals surface area contributed by atoms with Crippen LogP contribution in [0.2, 0.25) is 0 Å². The molecular weight excluding hydrogens is 378 g/mol. The number of aryl methyl sites for hydroxylation is 1. The Morgan fingerprint density at radius 2 is 1.75 bits per heavy atom. The van der Waals surface area contributed by atoms with E-state index in [1.54, 1.807) is 19.5 Å². The zero-order valence-electron chi connectivity index (χ0n) is 15.8. The number of hydrogen-bond acceptors (Lipinski definition) is 5. The molecule has 7 nitrogen and oxygen atoms in total. The fourth-order valence-electron chi connectivity index (χ4n) is 2.82. The SMILES string of the molecule is COc1ccc(C(NC(=O)c2ccc(S(C)(=O)=O)cc2)c2nccn2C)cc1. The second-order valence-electron chi connectivity index (χ2n) is 6.37. The third kappa shape index (κ3) is 4.23. The molecule has 8 heteroatoms. The third-order valence-corrected chi connectivity index (χ3v) is 5.51. The van der Waals surface area contributed by atoms with Crippen LogP contribution in [0.4, 0.5) is 0 Å². The van der Waals surface area contributed by atoms with E-state index in [0.29, 0.717) is 17.1 Å². The molecule has 0 aliphatic rings. The predicted octanol–water partition coefficient (Wildman–Crippen LogP) is 2.35. The molecular formula is C20H21N3O4S. The Hall–Kier alpha value is -3.13. The van der Waals surface area contributed by atoms with Crippen molar-refractivity contribution in [2.45, 2.75) is 10.9 Å². The van der Waals surface area contributed by atoms with Crippen molar-refractivity contribution in [3.05, 3.63) is 77.9 Å². The van der Waals surface area contributed by atoms with Crippen LogP contribution in [0.15, 0.2) is 65.8 Å². The molecule has 1 aromatic heterocycles. The first kappa shape index (κ1) is 19.6. The number of methoxy groups -OCH3 is 1. The van der Waals surface area contributed by atoms with E-state index in [1.807, 2.05) is 35.9 Å². The first-order valence-electron chi connectivity index (χ1n) is 8.52. The maximum atomic E-state index is 12.8. The largest absolute Gasteiger partial charge is 0.497 e. The van der Waals surface area contributed by atoms with E-state index in [0.717, 1.165) is 11.8 Å².